The highest BCUT2D eigenvalue weighted by molar-refractivity contribution is 14.1. The van der Waals surface area contributed by atoms with Crippen LogP contribution < -0.4 is 5.73 Å². The summed E-state index contributed by atoms with van der Waals surface area (Å²) < 4.78 is 13.6. The van der Waals surface area contributed by atoms with Gasteiger partial charge in [0.25, 0.3) is 0 Å². The van der Waals surface area contributed by atoms with Crippen LogP contribution in [0.25, 0.3) is 0 Å². The fraction of sp³-hybridized carbons (Fsp3) is 0. The average molecular weight is 344 g/mol. The molecule has 0 aliphatic rings. The third-order valence-corrected chi connectivity index (χ3v) is 3.92. The Kier molecular flexibility index (Phi) is 3.05. The minimum Gasteiger partial charge on any atom is -0.366 e. The first-order valence-corrected chi connectivity index (χ1v) is 4.84. The number of benzene rings is 1. The van der Waals surface area contributed by atoms with Crippen LogP contribution in [0.3, 0.4) is 0 Å². The minimum absolute atomic E-state index is 0.292. The maximum Gasteiger partial charge on any atom is 0.249 e. The Labute approximate surface area is 90.6 Å². The molecule has 0 aliphatic heterocycles. The molecule has 2 N–H and O–H groups in total. The zero-order valence-corrected chi connectivity index (χ0v) is 9.52. The first-order valence-electron chi connectivity index (χ1n) is 2.97. The number of primary amides is 1. The molecule has 0 aliphatic carbocycles. The monoisotopic (exact) mass is 343 g/mol. The summed E-state index contributed by atoms with van der Waals surface area (Å²) in [7, 11) is 0. The molecule has 5 heteroatoms. The molecule has 1 amide bonds. The van der Waals surface area contributed by atoms with Crippen LogP contribution in [-0.4, -0.2) is 5.91 Å². The Bertz CT molecular complexity index is 342. The van der Waals surface area contributed by atoms with Crippen LogP contribution in [0, 0.1) is 9.39 Å². The first-order chi connectivity index (χ1) is 5.54. The smallest absolute Gasteiger partial charge is 0.249 e. The predicted molar refractivity (Wildman–Crippen MR) is 55.3 cm³/mol. The number of hydrogen-bond acceptors (Lipinski definition) is 1. The summed E-state index contributed by atoms with van der Waals surface area (Å²) in [5, 5.41) is 0. The van der Waals surface area contributed by atoms with Gasteiger partial charge in [-0.15, -0.1) is 0 Å². The van der Waals surface area contributed by atoms with Gasteiger partial charge in [0, 0.05) is 4.47 Å². The third-order valence-electron chi connectivity index (χ3n) is 1.30. The van der Waals surface area contributed by atoms with Crippen molar-refractivity contribution in [3.63, 3.8) is 0 Å². The average Bonchev–Trinajstić information content (AvgIpc) is 2.00. The van der Waals surface area contributed by atoms with Crippen molar-refractivity contribution < 1.29 is 9.18 Å². The summed E-state index contributed by atoms with van der Waals surface area (Å²) in [6.07, 6.45) is 0. The molecule has 0 fully saturated rings. The van der Waals surface area contributed by atoms with Crippen LogP contribution in [0.5, 0.6) is 0 Å². The van der Waals surface area contributed by atoms with Crippen LogP contribution in [0.1, 0.15) is 10.4 Å². The van der Waals surface area contributed by atoms with Crippen LogP contribution in [0.4, 0.5) is 4.39 Å². The lowest BCUT2D eigenvalue weighted by Gasteiger charge is -2.02. The van der Waals surface area contributed by atoms with Gasteiger partial charge < -0.3 is 5.73 Å². The quantitative estimate of drug-likeness (QED) is 0.617. The Morgan fingerprint density at radius 3 is 2.67 bits per heavy atom. The number of carbonyl (C=O) groups is 1. The van der Waals surface area contributed by atoms with E-state index in [2.05, 4.69) is 15.9 Å². The molecule has 12 heavy (non-hydrogen) atoms. The maximum atomic E-state index is 12.8. The maximum absolute atomic E-state index is 12.8. The van der Waals surface area contributed by atoms with E-state index in [1.54, 1.807) is 22.6 Å². The fourth-order valence-corrected chi connectivity index (χ4v) is 1.70. The Morgan fingerprint density at radius 2 is 2.17 bits per heavy atom. The van der Waals surface area contributed by atoms with Crippen molar-refractivity contribution >= 4 is 44.4 Å². The van der Waals surface area contributed by atoms with Gasteiger partial charge in [0.15, 0.2) is 0 Å². The molecule has 0 bridgehead atoms. The molecular formula is C7H4BrFINO. The van der Waals surface area contributed by atoms with E-state index in [9.17, 15) is 9.18 Å². The Hall–Kier alpha value is -0.170. The van der Waals surface area contributed by atoms with E-state index in [4.69, 9.17) is 5.73 Å². The second kappa shape index (κ2) is 3.69. The van der Waals surface area contributed by atoms with Crippen molar-refractivity contribution in [1.82, 2.24) is 0 Å². The van der Waals surface area contributed by atoms with E-state index >= 15 is 0 Å². The van der Waals surface area contributed by atoms with Gasteiger partial charge in [-0.1, -0.05) is 0 Å². The fourth-order valence-electron chi connectivity index (χ4n) is 0.716. The number of rotatable bonds is 1. The molecule has 0 atom stereocenters. The zero-order valence-electron chi connectivity index (χ0n) is 5.77. The van der Waals surface area contributed by atoms with Crippen molar-refractivity contribution in [2.45, 2.75) is 0 Å². The van der Waals surface area contributed by atoms with Crippen LogP contribution in [-0.2, 0) is 0 Å². The van der Waals surface area contributed by atoms with Gasteiger partial charge in [0.05, 0.1) is 9.13 Å². The van der Waals surface area contributed by atoms with Gasteiger partial charge in [-0.05, 0) is 50.7 Å². The lowest BCUT2D eigenvalue weighted by Crippen LogP contribution is -2.12. The molecule has 0 unspecified atom stereocenters. The molecule has 0 aromatic heterocycles. The summed E-state index contributed by atoms with van der Waals surface area (Å²) in [4.78, 5) is 10.8. The van der Waals surface area contributed by atoms with E-state index in [1.807, 2.05) is 0 Å². The summed E-state index contributed by atoms with van der Waals surface area (Å²) in [5.74, 6) is -0.938. The van der Waals surface area contributed by atoms with Gasteiger partial charge in [0.2, 0.25) is 5.91 Å². The topological polar surface area (TPSA) is 43.1 Å². The van der Waals surface area contributed by atoms with E-state index in [1.165, 1.54) is 12.1 Å². The molecule has 1 aromatic carbocycles. The lowest BCUT2D eigenvalue weighted by atomic mass is 10.2. The van der Waals surface area contributed by atoms with E-state index in [0.29, 0.717) is 13.6 Å². The second-order valence-corrected chi connectivity index (χ2v) is 3.96. The molecule has 64 valence electrons. The standard InChI is InChI=1S/C7H4BrFINO/c8-5-3(7(11)12)1-2-4(9)6(5)10/h1-2H,(H2,11,12). The van der Waals surface area contributed by atoms with Gasteiger partial charge in [0.1, 0.15) is 5.82 Å². The molecule has 0 heterocycles. The molecule has 0 spiro atoms. The van der Waals surface area contributed by atoms with Gasteiger partial charge in [-0.25, -0.2) is 4.39 Å². The van der Waals surface area contributed by atoms with E-state index in [0.717, 1.165) is 0 Å². The van der Waals surface area contributed by atoms with Crippen LogP contribution in [0.15, 0.2) is 16.6 Å². The molecule has 0 saturated heterocycles. The Balaban J connectivity index is 3.36. The van der Waals surface area contributed by atoms with Crippen molar-refractivity contribution in [1.29, 1.82) is 0 Å². The van der Waals surface area contributed by atoms with Crippen LogP contribution >= 0.6 is 38.5 Å². The summed E-state index contributed by atoms with van der Waals surface area (Å²) in [6.45, 7) is 0. The molecule has 0 radical (unpaired) electrons. The predicted octanol–water partition coefficient (Wildman–Crippen LogP) is 2.29. The highest BCUT2D eigenvalue weighted by Crippen LogP contribution is 2.25. The molecule has 1 aromatic rings. The summed E-state index contributed by atoms with van der Waals surface area (Å²) in [5.41, 5.74) is 5.33. The van der Waals surface area contributed by atoms with Crippen molar-refractivity contribution in [3.05, 3.63) is 31.6 Å². The molecule has 1 rings (SSSR count). The summed E-state index contributed by atoms with van der Waals surface area (Å²) >= 11 is 4.88. The van der Waals surface area contributed by atoms with E-state index < -0.39 is 5.91 Å². The normalized spacial score (nSPS) is 9.92. The van der Waals surface area contributed by atoms with Crippen molar-refractivity contribution in [2.75, 3.05) is 0 Å². The largest absolute Gasteiger partial charge is 0.366 e. The highest BCUT2D eigenvalue weighted by Gasteiger charge is 2.11. The number of amides is 1. The van der Waals surface area contributed by atoms with Crippen molar-refractivity contribution in [3.8, 4) is 0 Å². The number of hydrogen-bond donors (Lipinski definition) is 1. The first kappa shape index (κ1) is 9.91. The Morgan fingerprint density at radius 1 is 1.58 bits per heavy atom. The van der Waals surface area contributed by atoms with Gasteiger partial charge in [-0.3, -0.25) is 4.79 Å². The number of nitrogens with two attached hydrogens (primary N) is 1. The lowest BCUT2D eigenvalue weighted by molar-refractivity contribution is 0.0999. The highest BCUT2D eigenvalue weighted by atomic mass is 127. The number of carbonyl (C=O) groups excluding carboxylic acids is 1. The second-order valence-electron chi connectivity index (χ2n) is 2.09. The molecular weight excluding hydrogens is 340 g/mol. The molecule has 2 nitrogen and oxygen atoms in total. The van der Waals surface area contributed by atoms with Gasteiger partial charge >= 0.3 is 0 Å². The zero-order chi connectivity index (χ0) is 9.30. The molecule has 0 saturated carbocycles. The SMILES string of the molecule is NC(=O)c1ccc(F)c(I)c1Br. The minimum atomic E-state index is -0.570. The van der Waals surface area contributed by atoms with Crippen molar-refractivity contribution in [2.24, 2.45) is 5.73 Å². The van der Waals surface area contributed by atoms with Gasteiger partial charge in [-0.2, -0.15) is 0 Å². The number of halogens is 3. The summed E-state index contributed by atoms with van der Waals surface area (Å²) in [6, 6.07) is 2.57. The third kappa shape index (κ3) is 1.77. The van der Waals surface area contributed by atoms with E-state index in [-0.39, 0.29) is 5.82 Å². The van der Waals surface area contributed by atoms with Crippen LogP contribution in [0.2, 0.25) is 0 Å².